The monoisotopic (exact) mass is 716 g/mol. The Hall–Kier alpha value is -1.43. The van der Waals surface area contributed by atoms with Crippen LogP contribution in [0.5, 0.6) is 5.75 Å². The third-order valence-electron chi connectivity index (χ3n) is 5.32. The molecule has 0 fully saturated rings. The van der Waals surface area contributed by atoms with E-state index in [1.807, 2.05) is 12.1 Å². The molecule has 1 rings (SSSR count). The van der Waals surface area contributed by atoms with Crippen molar-refractivity contribution >= 4 is 5.97 Å². The summed E-state index contributed by atoms with van der Waals surface area (Å²) in [6.45, 7) is 33.1. The van der Waals surface area contributed by atoms with Crippen molar-refractivity contribution in [3.8, 4) is 5.75 Å². The Kier molecular flexibility index (Phi) is 88.2. The highest BCUT2D eigenvalue weighted by Gasteiger charge is 2.06. The number of benzene rings is 1. The van der Waals surface area contributed by atoms with E-state index >= 15 is 0 Å². The molecule has 0 unspecified atom stereocenters. The zero-order chi connectivity index (χ0) is 40.1. The number of aliphatic hydroxyl groups excluding tert-OH is 1. The third kappa shape index (κ3) is 80.9. The molecule has 0 spiro atoms. The highest BCUT2D eigenvalue weighted by Crippen LogP contribution is 2.16. The summed E-state index contributed by atoms with van der Waals surface area (Å²) in [5, 5.41) is 9.14. The molecule has 0 saturated heterocycles. The summed E-state index contributed by atoms with van der Waals surface area (Å²) in [6, 6.07) is 7.96. The fraction of sp³-hybridized carbons (Fsp3) is 0.844. The van der Waals surface area contributed by atoms with Crippen LogP contribution in [-0.2, 0) is 16.0 Å². The molecule has 0 heterocycles. The summed E-state index contributed by atoms with van der Waals surface area (Å²) < 4.78 is 9.70. The van der Waals surface area contributed by atoms with Gasteiger partial charge in [0.1, 0.15) is 5.75 Å². The van der Waals surface area contributed by atoms with Crippen molar-refractivity contribution in [1.29, 1.82) is 0 Å². The number of aryl methyl sites for hydroxylation is 1. The smallest absolute Gasteiger partial charge is 0.311 e. The maximum Gasteiger partial charge on any atom is 0.311 e. The van der Waals surface area contributed by atoms with Crippen LogP contribution in [0.3, 0.4) is 0 Å². The average Bonchev–Trinajstić information content (AvgIpc) is 3.07. The molecular weight excluding hydrogens is 618 g/mol. The van der Waals surface area contributed by atoms with Crippen LogP contribution in [0.15, 0.2) is 24.3 Å². The Labute approximate surface area is 318 Å². The standard InChI is InChI=1S/C25H43NO3.6C3H8.C2H6O/c1-3-5-10-13-23-15-17-24(18-16-23)29-25(28)14-11-8-7-9-12-20-26(21-22-27)19-6-4-2;7*1-3-2/h15-18,27H,3-14,19-22H2,1-2H3;6*3H2,1-2H3;1-2H3. The lowest BCUT2D eigenvalue weighted by Crippen LogP contribution is -2.29. The van der Waals surface area contributed by atoms with E-state index in [0.717, 1.165) is 45.3 Å². The van der Waals surface area contributed by atoms with E-state index in [0.29, 0.717) is 12.2 Å². The molecule has 1 N–H and O–H groups in total. The largest absolute Gasteiger partial charge is 0.427 e. The van der Waals surface area contributed by atoms with Crippen LogP contribution in [0.2, 0.25) is 0 Å². The molecule has 5 nitrogen and oxygen atoms in total. The Morgan fingerprint density at radius 1 is 0.540 bits per heavy atom. The zero-order valence-electron chi connectivity index (χ0n) is 37.5. The summed E-state index contributed by atoms with van der Waals surface area (Å²) >= 11 is 0. The van der Waals surface area contributed by atoms with Gasteiger partial charge < -0.3 is 19.5 Å². The maximum atomic E-state index is 12.0. The van der Waals surface area contributed by atoms with Crippen molar-refractivity contribution in [1.82, 2.24) is 4.90 Å². The average molecular weight is 716 g/mol. The maximum absolute atomic E-state index is 12.0. The number of aliphatic hydroxyl groups is 1. The number of esters is 1. The van der Waals surface area contributed by atoms with Gasteiger partial charge in [-0.2, -0.15) is 0 Å². The van der Waals surface area contributed by atoms with Crippen molar-refractivity contribution in [2.45, 2.75) is 213 Å². The molecule has 0 saturated carbocycles. The summed E-state index contributed by atoms with van der Waals surface area (Å²) in [4.78, 5) is 14.4. The number of carbonyl (C=O) groups is 1. The molecule has 306 valence electrons. The molecule has 0 atom stereocenters. The lowest BCUT2D eigenvalue weighted by Gasteiger charge is -2.20. The van der Waals surface area contributed by atoms with Crippen molar-refractivity contribution in [2.75, 3.05) is 40.5 Å². The van der Waals surface area contributed by atoms with Gasteiger partial charge in [0.15, 0.2) is 0 Å². The Balaban J connectivity index is -0.000000144. The number of hydrogen-bond donors (Lipinski definition) is 1. The highest BCUT2D eigenvalue weighted by molar-refractivity contribution is 5.72. The Morgan fingerprint density at radius 3 is 1.32 bits per heavy atom. The van der Waals surface area contributed by atoms with Gasteiger partial charge in [-0.3, -0.25) is 4.79 Å². The summed E-state index contributed by atoms with van der Waals surface area (Å²) in [5.74, 6) is 0.530. The molecule has 5 heteroatoms. The van der Waals surface area contributed by atoms with Gasteiger partial charge in [-0.25, -0.2) is 0 Å². The minimum atomic E-state index is -0.127. The van der Waals surface area contributed by atoms with Gasteiger partial charge in [-0.05, 0) is 62.9 Å². The van der Waals surface area contributed by atoms with Gasteiger partial charge in [-0.15, -0.1) is 0 Å². The molecule has 0 amide bonds. The predicted octanol–water partition coefficient (Wildman–Crippen LogP) is 14.5. The first kappa shape index (κ1) is 63.6. The number of hydrogen-bond acceptors (Lipinski definition) is 5. The molecule has 1 aromatic carbocycles. The minimum Gasteiger partial charge on any atom is -0.427 e. The van der Waals surface area contributed by atoms with Crippen LogP contribution in [0.1, 0.15) is 212 Å². The number of rotatable bonds is 18. The second-order valence-electron chi connectivity index (χ2n) is 12.7. The number of nitrogens with zero attached hydrogens (tertiary/aromatic N) is 1. The summed E-state index contributed by atoms with van der Waals surface area (Å²) in [7, 11) is 3.25. The quantitative estimate of drug-likeness (QED) is 0.0931. The molecule has 0 bridgehead atoms. The normalized spacial score (nSPS) is 9.00. The zero-order valence-corrected chi connectivity index (χ0v) is 37.5. The van der Waals surface area contributed by atoms with E-state index < -0.39 is 0 Å². The number of carbonyl (C=O) groups excluding carboxylic acids is 1. The highest BCUT2D eigenvalue weighted by atomic mass is 16.5. The number of unbranched alkanes of at least 4 members (excludes halogenated alkanes) is 7. The summed E-state index contributed by atoms with van der Waals surface area (Å²) in [5.41, 5.74) is 1.31. The molecule has 0 radical (unpaired) electrons. The van der Waals surface area contributed by atoms with Crippen molar-refractivity contribution in [3.63, 3.8) is 0 Å². The molecule has 50 heavy (non-hydrogen) atoms. The van der Waals surface area contributed by atoms with Crippen LogP contribution in [0, 0.1) is 0 Å². The first-order valence-corrected chi connectivity index (χ1v) is 21.1. The van der Waals surface area contributed by atoms with Crippen LogP contribution < -0.4 is 4.74 Å². The van der Waals surface area contributed by atoms with Crippen molar-refractivity contribution in [3.05, 3.63) is 29.8 Å². The second kappa shape index (κ2) is 69.3. The van der Waals surface area contributed by atoms with Gasteiger partial charge in [0, 0.05) is 27.2 Å². The molecule has 0 aliphatic rings. The van der Waals surface area contributed by atoms with Gasteiger partial charge >= 0.3 is 5.97 Å². The van der Waals surface area contributed by atoms with Crippen LogP contribution in [0.25, 0.3) is 0 Å². The lowest BCUT2D eigenvalue weighted by atomic mass is 10.1. The lowest BCUT2D eigenvalue weighted by molar-refractivity contribution is -0.134. The topological polar surface area (TPSA) is 59.0 Å². The predicted molar refractivity (Wildman–Crippen MR) is 230 cm³/mol. The number of ether oxygens (including phenoxy) is 2. The van der Waals surface area contributed by atoms with E-state index in [1.165, 1.54) is 89.0 Å². The van der Waals surface area contributed by atoms with E-state index in [2.05, 4.69) is 119 Å². The van der Waals surface area contributed by atoms with Crippen LogP contribution in [0.4, 0.5) is 0 Å². The first-order valence-electron chi connectivity index (χ1n) is 21.1. The SMILES string of the molecule is CCC.CCC.CCC.CCC.CCC.CCC.CCCCCc1ccc(OC(=O)CCCCCCCN(CCO)CCCC)cc1.COC. The van der Waals surface area contributed by atoms with Gasteiger partial charge in [0.05, 0.1) is 6.61 Å². The van der Waals surface area contributed by atoms with E-state index in [-0.39, 0.29) is 12.6 Å². The van der Waals surface area contributed by atoms with Gasteiger partial charge in [0.25, 0.3) is 0 Å². The molecule has 0 aliphatic heterocycles. The van der Waals surface area contributed by atoms with Gasteiger partial charge in [-0.1, -0.05) is 186 Å². The molecule has 0 aromatic heterocycles. The van der Waals surface area contributed by atoms with Crippen molar-refractivity contribution in [2.24, 2.45) is 0 Å². The third-order valence-corrected chi connectivity index (χ3v) is 5.32. The van der Waals surface area contributed by atoms with Crippen molar-refractivity contribution < 1.29 is 19.4 Å². The van der Waals surface area contributed by atoms with E-state index in [4.69, 9.17) is 9.84 Å². The molecular formula is C45H97NO4. The second-order valence-corrected chi connectivity index (χ2v) is 12.7. The van der Waals surface area contributed by atoms with E-state index in [1.54, 1.807) is 14.2 Å². The first-order chi connectivity index (χ1) is 24.1. The summed E-state index contributed by atoms with van der Waals surface area (Å²) in [6.07, 6.45) is 20.7. The Bertz CT molecular complexity index is 602. The van der Waals surface area contributed by atoms with Gasteiger partial charge in [0.2, 0.25) is 0 Å². The van der Waals surface area contributed by atoms with Crippen LogP contribution in [-0.4, -0.2) is 56.4 Å². The molecule has 0 aliphatic carbocycles. The molecule has 1 aromatic rings. The minimum absolute atomic E-state index is 0.127. The van der Waals surface area contributed by atoms with E-state index in [9.17, 15) is 4.79 Å². The fourth-order valence-corrected chi connectivity index (χ4v) is 3.48. The fourth-order valence-electron chi connectivity index (χ4n) is 3.48. The Morgan fingerprint density at radius 2 is 0.920 bits per heavy atom. The van der Waals surface area contributed by atoms with Crippen LogP contribution >= 0.6 is 0 Å². The number of methoxy groups -OCH3 is 1.